The number of hydrogen-bond donors (Lipinski definition) is 2. The largest absolute Gasteiger partial charge is 0.322 e. The first-order valence-electron chi connectivity index (χ1n) is 14.0. The number of nitrogens with one attached hydrogen (secondary N) is 2. The van der Waals surface area contributed by atoms with Crippen molar-refractivity contribution >= 4 is 56.4 Å². The minimum Gasteiger partial charge on any atom is -0.322 e. The second-order valence-electron chi connectivity index (χ2n) is 10.3. The van der Waals surface area contributed by atoms with Crippen LogP contribution in [0.4, 0.5) is 10.7 Å². The maximum absolute atomic E-state index is 13.8. The summed E-state index contributed by atoms with van der Waals surface area (Å²) < 4.78 is 0. The summed E-state index contributed by atoms with van der Waals surface area (Å²) in [5.41, 5.74) is 5.34. The van der Waals surface area contributed by atoms with E-state index in [1.165, 1.54) is 23.1 Å². The third kappa shape index (κ3) is 6.42. The number of anilines is 2. The number of thioether (sulfide) groups is 1. The van der Waals surface area contributed by atoms with E-state index in [4.69, 9.17) is 0 Å². The fraction of sp³-hybridized carbons (Fsp3) is 0.0541. The second-order valence-corrected chi connectivity index (χ2v) is 12.3. The van der Waals surface area contributed by atoms with Gasteiger partial charge in [-0.1, -0.05) is 96.6 Å². The molecular weight excluding hydrogens is 583 g/mol. The molecule has 2 amide bonds. The average Bonchev–Trinajstić information content (AvgIpc) is 3.46. The monoisotopic (exact) mass is 609 g/mol. The predicted octanol–water partition coefficient (Wildman–Crippen LogP) is 9.47. The fourth-order valence-electron chi connectivity index (χ4n) is 4.90. The van der Waals surface area contributed by atoms with Gasteiger partial charge in [0.15, 0.2) is 0 Å². The summed E-state index contributed by atoms with van der Waals surface area (Å²) in [7, 11) is 0. The summed E-state index contributed by atoms with van der Waals surface area (Å²) in [6.07, 6.45) is 0. The summed E-state index contributed by atoms with van der Waals surface area (Å²) in [5, 5.41) is 19.9. The number of amides is 2. The van der Waals surface area contributed by atoms with Crippen molar-refractivity contribution in [3.63, 3.8) is 0 Å². The number of nitrogens with zero attached hydrogens (tertiary/aromatic N) is 1. The van der Waals surface area contributed by atoms with E-state index in [1.54, 1.807) is 0 Å². The van der Waals surface area contributed by atoms with Crippen molar-refractivity contribution < 1.29 is 9.59 Å². The predicted molar refractivity (Wildman–Crippen MR) is 181 cm³/mol. The van der Waals surface area contributed by atoms with Gasteiger partial charge >= 0.3 is 0 Å². The smallest absolute Gasteiger partial charge is 0.255 e. The van der Waals surface area contributed by atoms with Crippen molar-refractivity contribution in [3.8, 4) is 17.2 Å². The lowest BCUT2D eigenvalue weighted by Gasteiger charge is -2.17. The van der Waals surface area contributed by atoms with Crippen LogP contribution in [0, 0.1) is 18.3 Å². The Hall–Kier alpha value is -5.16. The lowest BCUT2D eigenvalue weighted by atomic mass is 10.0. The molecule has 44 heavy (non-hydrogen) atoms. The number of benzene rings is 5. The molecule has 0 saturated carbocycles. The zero-order valence-corrected chi connectivity index (χ0v) is 25.4. The highest BCUT2D eigenvalue weighted by atomic mass is 32.2. The third-order valence-electron chi connectivity index (χ3n) is 7.20. The molecular formula is C37H27N3O2S2. The first-order valence-corrected chi connectivity index (χ1v) is 15.8. The van der Waals surface area contributed by atoms with Crippen molar-refractivity contribution in [1.82, 2.24) is 0 Å². The number of carbonyl (C=O) groups is 2. The maximum atomic E-state index is 13.8. The summed E-state index contributed by atoms with van der Waals surface area (Å²) in [6.45, 7) is 2.02. The van der Waals surface area contributed by atoms with Crippen LogP contribution in [0.1, 0.15) is 32.3 Å². The highest BCUT2D eigenvalue weighted by molar-refractivity contribution is 8.00. The van der Waals surface area contributed by atoms with Gasteiger partial charge in [0.2, 0.25) is 5.91 Å². The number of hydrogen-bond acceptors (Lipinski definition) is 5. The molecule has 0 saturated heterocycles. The van der Waals surface area contributed by atoms with Gasteiger partial charge in [-0.25, -0.2) is 0 Å². The Morgan fingerprint density at radius 3 is 2.32 bits per heavy atom. The first kappa shape index (κ1) is 28.9. The molecule has 0 bridgehead atoms. The number of rotatable bonds is 8. The number of fused-ring (bicyclic) bond motifs is 1. The molecule has 1 heterocycles. The molecule has 7 heteroatoms. The normalized spacial score (nSPS) is 11.5. The summed E-state index contributed by atoms with van der Waals surface area (Å²) >= 11 is 2.73. The Kier molecular flexibility index (Phi) is 8.55. The quantitative estimate of drug-likeness (QED) is 0.168. The van der Waals surface area contributed by atoms with Crippen LogP contribution < -0.4 is 10.6 Å². The minimum absolute atomic E-state index is 0.207. The molecule has 1 aromatic heterocycles. The van der Waals surface area contributed by atoms with E-state index in [0.717, 1.165) is 37.9 Å². The Bertz CT molecular complexity index is 2010. The van der Waals surface area contributed by atoms with Crippen LogP contribution in [0.15, 0.2) is 132 Å². The van der Waals surface area contributed by atoms with E-state index >= 15 is 0 Å². The fourth-order valence-corrected chi connectivity index (χ4v) is 6.91. The number of thiophene rings is 1. The van der Waals surface area contributed by atoms with Gasteiger partial charge < -0.3 is 10.6 Å². The lowest BCUT2D eigenvalue weighted by Crippen LogP contribution is -2.19. The first-order chi connectivity index (χ1) is 21.5. The molecule has 214 valence electrons. The molecule has 0 spiro atoms. The summed E-state index contributed by atoms with van der Waals surface area (Å²) in [4.78, 5) is 27.7. The number of nitriles is 1. The molecule has 0 aliphatic heterocycles. The molecule has 0 fully saturated rings. The molecule has 0 radical (unpaired) electrons. The van der Waals surface area contributed by atoms with Gasteiger partial charge in [0.05, 0.1) is 5.56 Å². The molecule has 0 aliphatic carbocycles. The van der Waals surface area contributed by atoms with Crippen LogP contribution in [-0.2, 0) is 4.79 Å². The highest BCUT2D eigenvalue weighted by Gasteiger charge is 2.25. The van der Waals surface area contributed by atoms with Crippen molar-refractivity contribution in [2.45, 2.75) is 17.1 Å². The molecule has 1 atom stereocenters. The van der Waals surface area contributed by atoms with Gasteiger partial charge in [0.1, 0.15) is 16.3 Å². The molecule has 5 nitrogen and oxygen atoms in total. The Morgan fingerprint density at radius 1 is 0.795 bits per heavy atom. The Morgan fingerprint density at radius 2 is 1.55 bits per heavy atom. The highest BCUT2D eigenvalue weighted by Crippen LogP contribution is 2.40. The molecule has 1 unspecified atom stereocenters. The van der Waals surface area contributed by atoms with Crippen molar-refractivity contribution in [2.24, 2.45) is 0 Å². The zero-order valence-electron chi connectivity index (χ0n) is 23.8. The molecule has 5 aromatic carbocycles. The topological polar surface area (TPSA) is 82.0 Å². The molecule has 6 aromatic rings. The molecule has 6 rings (SSSR count). The zero-order chi connectivity index (χ0) is 30.5. The lowest BCUT2D eigenvalue weighted by molar-refractivity contribution is -0.115. The van der Waals surface area contributed by atoms with E-state index in [2.05, 4.69) is 16.7 Å². The van der Waals surface area contributed by atoms with E-state index in [-0.39, 0.29) is 11.8 Å². The maximum Gasteiger partial charge on any atom is 0.255 e. The van der Waals surface area contributed by atoms with Crippen molar-refractivity contribution in [1.29, 1.82) is 5.26 Å². The second kappa shape index (κ2) is 13.0. The molecule has 0 aliphatic rings. The number of carbonyl (C=O) groups excluding carboxylic acids is 2. The van der Waals surface area contributed by atoms with Crippen LogP contribution in [0.2, 0.25) is 0 Å². The Labute approximate surface area is 264 Å². The van der Waals surface area contributed by atoms with Gasteiger partial charge in [-0.3, -0.25) is 9.59 Å². The minimum atomic E-state index is -0.598. The van der Waals surface area contributed by atoms with E-state index in [0.29, 0.717) is 21.8 Å². The van der Waals surface area contributed by atoms with Crippen molar-refractivity contribution in [3.05, 3.63) is 149 Å². The van der Waals surface area contributed by atoms with E-state index in [1.807, 2.05) is 134 Å². The SMILES string of the molecule is Cc1ccc(-c2csc(NC(=O)C(Sc3cccc(NC(=O)c4ccc5ccccc5c4)c3)c3ccccc3)c2C#N)cc1. The summed E-state index contributed by atoms with van der Waals surface area (Å²) in [5.74, 6) is -0.443. The van der Waals surface area contributed by atoms with Gasteiger partial charge in [-0.05, 0) is 59.2 Å². The third-order valence-corrected chi connectivity index (χ3v) is 9.34. The van der Waals surface area contributed by atoms with Gasteiger partial charge in [-0.2, -0.15) is 5.26 Å². The summed E-state index contributed by atoms with van der Waals surface area (Å²) in [6, 6.07) is 40.8. The van der Waals surface area contributed by atoms with Gasteiger partial charge in [-0.15, -0.1) is 23.1 Å². The van der Waals surface area contributed by atoms with Crippen LogP contribution >= 0.6 is 23.1 Å². The standard InChI is InChI=1S/C37H27N3O2S2/c1-24-14-16-26(17-15-24)33-23-43-37(32(33)22-38)40-36(42)34(27-9-3-2-4-10-27)44-31-13-7-12-30(21-31)39-35(41)29-19-18-25-8-5-6-11-28(25)20-29/h2-21,23,34H,1H3,(H,39,41)(H,40,42). The van der Waals surface area contributed by atoms with E-state index < -0.39 is 5.25 Å². The van der Waals surface area contributed by atoms with E-state index in [9.17, 15) is 14.9 Å². The Balaban J connectivity index is 1.23. The van der Waals surface area contributed by atoms with Crippen LogP contribution in [0.25, 0.3) is 21.9 Å². The van der Waals surface area contributed by atoms with Gasteiger partial charge in [0.25, 0.3) is 5.91 Å². The number of aryl methyl sites for hydroxylation is 1. The van der Waals surface area contributed by atoms with Crippen LogP contribution in [0.5, 0.6) is 0 Å². The van der Waals surface area contributed by atoms with Gasteiger partial charge in [0, 0.05) is 27.1 Å². The van der Waals surface area contributed by atoms with Crippen LogP contribution in [0.3, 0.4) is 0 Å². The van der Waals surface area contributed by atoms with Crippen LogP contribution in [-0.4, -0.2) is 11.8 Å². The average molecular weight is 610 g/mol. The molecule has 2 N–H and O–H groups in total. The van der Waals surface area contributed by atoms with Crippen molar-refractivity contribution in [2.75, 3.05) is 10.6 Å².